The Hall–Kier alpha value is -1.57. The van der Waals surface area contributed by atoms with Crippen molar-refractivity contribution in [2.75, 3.05) is 5.73 Å². The Morgan fingerprint density at radius 2 is 1.93 bits per heavy atom. The van der Waals surface area contributed by atoms with E-state index < -0.39 is 0 Å². The quantitative estimate of drug-likeness (QED) is 0.644. The van der Waals surface area contributed by atoms with Gasteiger partial charge in [0.15, 0.2) is 0 Å². The molecule has 0 fully saturated rings. The predicted octanol–water partition coefficient (Wildman–Crippen LogP) is 3.23. The van der Waals surface area contributed by atoms with E-state index in [1.807, 2.05) is 30.3 Å². The van der Waals surface area contributed by atoms with Gasteiger partial charge in [0, 0.05) is 17.3 Å². The fourth-order valence-electron chi connectivity index (χ4n) is 1.09. The van der Waals surface area contributed by atoms with Crippen molar-refractivity contribution in [2.24, 2.45) is 0 Å². The highest BCUT2D eigenvalue weighted by Gasteiger charge is 1.91. The van der Waals surface area contributed by atoms with Crippen molar-refractivity contribution in [2.45, 2.75) is 20.3 Å². The number of rotatable bonds is 0. The SMILES string of the molecule is CCC.Nc1ccc2ncccc2c1. The molecule has 2 rings (SSSR count). The Morgan fingerprint density at radius 1 is 1.21 bits per heavy atom. The van der Waals surface area contributed by atoms with Crippen LogP contribution in [0.2, 0.25) is 0 Å². The first-order valence-electron chi connectivity index (χ1n) is 4.88. The predicted molar refractivity (Wildman–Crippen MR) is 62.1 cm³/mol. The number of benzene rings is 1. The maximum atomic E-state index is 5.60. The number of pyridine rings is 1. The monoisotopic (exact) mass is 188 g/mol. The molecule has 0 aliphatic carbocycles. The first kappa shape index (κ1) is 10.5. The molecule has 0 amide bonds. The van der Waals surface area contributed by atoms with Crippen LogP contribution in [-0.4, -0.2) is 4.98 Å². The van der Waals surface area contributed by atoms with Crippen LogP contribution in [0.15, 0.2) is 36.5 Å². The number of nitrogens with two attached hydrogens (primary N) is 1. The average molecular weight is 188 g/mol. The van der Waals surface area contributed by atoms with Gasteiger partial charge in [-0.2, -0.15) is 0 Å². The van der Waals surface area contributed by atoms with Gasteiger partial charge in [0.1, 0.15) is 0 Å². The maximum absolute atomic E-state index is 5.60. The number of anilines is 1. The van der Waals surface area contributed by atoms with E-state index in [9.17, 15) is 0 Å². The minimum atomic E-state index is 0.783. The molecule has 2 nitrogen and oxygen atoms in total. The largest absolute Gasteiger partial charge is 0.399 e. The number of nitrogens with zero attached hydrogens (tertiary/aromatic N) is 1. The first-order valence-corrected chi connectivity index (χ1v) is 4.88. The van der Waals surface area contributed by atoms with Gasteiger partial charge < -0.3 is 5.73 Å². The lowest BCUT2D eigenvalue weighted by atomic mass is 10.2. The molecular formula is C12H16N2. The highest BCUT2D eigenvalue weighted by Crippen LogP contribution is 2.13. The second-order valence-electron chi connectivity index (χ2n) is 3.16. The zero-order chi connectivity index (χ0) is 10.4. The molecule has 0 saturated heterocycles. The van der Waals surface area contributed by atoms with Gasteiger partial charge in [0.2, 0.25) is 0 Å². The molecular weight excluding hydrogens is 172 g/mol. The first-order chi connectivity index (χ1) is 6.77. The van der Waals surface area contributed by atoms with E-state index in [-0.39, 0.29) is 0 Å². The molecule has 0 unspecified atom stereocenters. The minimum Gasteiger partial charge on any atom is -0.399 e. The van der Waals surface area contributed by atoms with Gasteiger partial charge in [-0.15, -0.1) is 0 Å². The molecule has 2 aromatic rings. The Morgan fingerprint density at radius 3 is 2.64 bits per heavy atom. The third-order valence-electron chi connectivity index (χ3n) is 1.63. The summed E-state index contributed by atoms with van der Waals surface area (Å²) in [5.41, 5.74) is 7.37. The van der Waals surface area contributed by atoms with Gasteiger partial charge in [-0.25, -0.2) is 0 Å². The van der Waals surface area contributed by atoms with Crippen molar-refractivity contribution < 1.29 is 0 Å². The topological polar surface area (TPSA) is 38.9 Å². The normalized spacial score (nSPS) is 9.29. The summed E-state index contributed by atoms with van der Waals surface area (Å²) in [7, 11) is 0. The van der Waals surface area contributed by atoms with Crippen LogP contribution in [0.1, 0.15) is 20.3 Å². The van der Waals surface area contributed by atoms with Crippen LogP contribution >= 0.6 is 0 Å². The van der Waals surface area contributed by atoms with Crippen molar-refractivity contribution >= 4 is 16.6 Å². The van der Waals surface area contributed by atoms with Crippen LogP contribution in [-0.2, 0) is 0 Å². The van der Waals surface area contributed by atoms with Gasteiger partial charge >= 0.3 is 0 Å². The van der Waals surface area contributed by atoms with E-state index in [4.69, 9.17) is 5.73 Å². The van der Waals surface area contributed by atoms with Crippen molar-refractivity contribution in [3.8, 4) is 0 Å². The van der Waals surface area contributed by atoms with Crippen LogP contribution in [0.4, 0.5) is 5.69 Å². The van der Waals surface area contributed by atoms with Crippen LogP contribution in [0, 0.1) is 0 Å². The van der Waals surface area contributed by atoms with E-state index in [0.717, 1.165) is 16.6 Å². The third-order valence-corrected chi connectivity index (χ3v) is 1.63. The number of fused-ring (bicyclic) bond motifs is 1. The molecule has 14 heavy (non-hydrogen) atoms. The number of nitrogen functional groups attached to an aromatic ring is 1. The summed E-state index contributed by atoms with van der Waals surface area (Å²) in [4.78, 5) is 4.17. The Labute approximate surface area is 84.8 Å². The molecule has 0 aliphatic rings. The molecule has 1 aromatic heterocycles. The van der Waals surface area contributed by atoms with Crippen molar-refractivity contribution in [1.29, 1.82) is 0 Å². The summed E-state index contributed by atoms with van der Waals surface area (Å²) >= 11 is 0. The fourth-order valence-corrected chi connectivity index (χ4v) is 1.09. The number of aromatic nitrogens is 1. The lowest BCUT2D eigenvalue weighted by Gasteiger charge is -1.96. The second kappa shape index (κ2) is 5.22. The fraction of sp³-hybridized carbons (Fsp3) is 0.250. The standard InChI is InChI=1S/C9H8N2.C3H8/c10-8-3-4-9-7(6-8)2-1-5-11-9;1-3-2/h1-6H,10H2;3H2,1-2H3. The molecule has 1 aromatic carbocycles. The summed E-state index contributed by atoms with van der Waals surface area (Å²) < 4.78 is 0. The van der Waals surface area contributed by atoms with Crippen LogP contribution < -0.4 is 5.73 Å². The summed E-state index contributed by atoms with van der Waals surface area (Å²) in [6.07, 6.45) is 3.03. The van der Waals surface area contributed by atoms with Gasteiger partial charge in [-0.1, -0.05) is 26.3 Å². The Balaban J connectivity index is 0.000000293. The highest BCUT2D eigenvalue weighted by atomic mass is 14.6. The summed E-state index contributed by atoms with van der Waals surface area (Å²) in [6, 6.07) is 9.60. The summed E-state index contributed by atoms with van der Waals surface area (Å²) in [5, 5.41) is 1.09. The minimum absolute atomic E-state index is 0.783. The molecule has 1 heterocycles. The van der Waals surface area contributed by atoms with Gasteiger partial charge in [-0.3, -0.25) is 4.98 Å². The van der Waals surface area contributed by atoms with Gasteiger partial charge in [-0.05, 0) is 24.3 Å². The zero-order valence-corrected chi connectivity index (χ0v) is 8.70. The second-order valence-corrected chi connectivity index (χ2v) is 3.16. The van der Waals surface area contributed by atoms with E-state index in [1.54, 1.807) is 6.20 Å². The van der Waals surface area contributed by atoms with Crippen molar-refractivity contribution in [3.63, 3.8) is 0 Å². The van der Waals surface area contributed by atoms with Gasteiger partial charge in [0.25, 0.3) is 0 Å². The lowest BCUT2D eigenvalue weighted by molar-refractivity contribution is 1.09. The van der Waals surface area contributed by atoms with E-state index in [2.05, 4.69) is 18.8 Å². The smallest absolute Gasteiger partial charge is 0.0703 e. The maximum Gasteiger partial charge on any atom is 0.0703 e. The third kappa shape index (κ3) is 2.73. The molecule has 0 bridgehead atoms. The molecule has 0 saturated carbocycles. The molecule has 0 atom stereocenters. The Kier molecular flexibility index (Phi) is 3.92. The lowest BCUT2D eigenvalue weighted by Crippen LogP contribution is -1.84. The van der Waals surface area contributed by atoms with E-state index in [1.165, 1.54) is 6.42 Å². The van der Waals surface area contributed by atoms with Crippen LogP contribution in [0.25, 0.3) is 10.9 Å². The van der Waals surface area contributed by atoms with Gasteiger partial charge in [0.05, 0.1) is 5.52 Å². The number of hydrogen-bond acceptors (Lipinski definition) is 2. The van der Waals surface area contributed by atoms with Crippen LogP contribution in [0.3, 0.4) is 0 Å². The summed E-state index contributed by atoms with van der Waals surface area (Å²) in [6.45, 7) is 4.25. The molecule has 0 radical (unpaired) electrons. The zero-order valence-electron chi connectivity index (χ0n) is 8.70. The highest BCUT2D eigenvalue weighted by molar-refractivity contribution is 5.81. The molecule has 0 aliphatic heterocycles. The summed E-state index contributed by atoms with van der Waals surface area (Å²) in [5.74, 6) is 0. The Bertz CT molecular complexity index is 396. The van der Waals surface area contributed by atoms with E-state index in [0.29, 0.717) is 0 Å². The average Bonchev–Trinajstić information content (AvgIpc) is 2.19. The molecule has 0 spiro atoms. The molecule has 2 heteroatoms. The van der Waals surface area contributed by atoms with E-state index >= 15 is 0 Å². The van der Waals surface area contributed by atoms with Crippen LogP contribution in [0.5, 0.6) is 0 Å². The van der Waals surface area contributed by atoms with Crippen molar-refractivity contribution in [1.82, 2.24) is 4.98 Å². The molecule has 74 valence electrons. The van der Waals surface area contributed by atoms with Crippen molar-refractivity contribution in [3.05, 3.63) is 36.5 Å². The number of hydrogen-bond donors (Lipinski definition) is 1. The molecule has 2 N–H and O–H groups in total.